The number of likely N-dealkylation sites (tertiary alicyclic amines) is 1. The lowest BCUT2D eigenvalue weighted by molar-refractivity contribution is -0.208. The van der Waals surface area contributed by atoms with Crippen LogP contribution in [0.5, 0.6) is 0 Å². The van der Waals surface area contributed by atoms with Gasteiger partial charge in [-0.15, -0.1) is 0 Å². The maximum atomic E-state index is 13.5. The number of amides is 1. The highest BCUT2D eigenvalue weighted by Gasteiger charge is 2.64. The minimum atomic E-state index is -0.608. The molecule has 0 aromatic rings. The molecule has 1 saturated heterocycles. The van der Waals surface area contributed by atoms with E-state index in [1.807, 2.05) is 25.9 Å². The van der Waals surface area contributed by atoms with Crippen molar-refractivity contribution in [3.63, 3.8) is 0 Å². The van der Waals surface area contributed by atoms with Crippen molar-refractivity contribution in [1.29, 1.82) is 5.26 Å². The van der Waals surface area contributed by atoms with E-state index in [4.69, 9.17) is 10.5 Å². The molecular weight excluding hydrogens is 380 g/mol. The standard InChI is InChI=1S/C23H34N4O3/c1-13(26(2)3)21(29)30-23-9-14-4-15(10-23)8-22(7-14,12-23)19(25)20(28)27-17(11-24)5-16-6-18(16)27/h13-19H,4-10,12,25H2,1-3H3. The van der Waals surface area contributed by atoms with Crippen molar-refractivity contribution in [2.24, 2.45) is 28.9 Å². The van der Waals surface area contributed by atoms with Gasteiger partial charge in [-0.1, -0.05) is 0 Å². The summed E-state index contributed by atoms with van der Waals surface area (Å²) < 4.78 is 6.21. The van der Waals surface area contributed by atoms with E-state index >= 15 is 0 Å². The van der Waals surface area contributed by atoms with E-state index in [0.717, 1.165) is 44.9 Å². The average Bonchev–Trinajstić information content (AvgIpc) is 3.34. The van der Waals surface area contributed by atoms with Gasteiger partial charge < -0.3 is 15.4 Å². The molecule has 5 saturated carbocycles. The van der Waals surface area contributed by atoms with Crippen LogP contribution in [0.15, 0.2) is 0 Å². The molecule has 30 heavy (non-hydrogen) atoms. The molecule has 0 spiro atoms. The summed E-state index contributed by atoms with van der Waals surface area (Å²) in [5.41, 5.74) is 5.95. The number of likely N-dealkylation sites (N-methyl/N-ethyl adjacent to an activating group) is 1. The molecule has 1 aliphatic heterocycles. The molecule has 0 aromatic heterocycles. The number of carbonyl (C=O) groups is 2. The third kappa shape index (κ3) is 2.98. The fourth-order valence-corrected chi connectivity index (χ4v) is 7.55. The Morgan fingerprint density at radius 3 is 2.43 bits per heavy atom. The lowest BCUT2D eigenvalue weighted by Gasteiger charge is -2.62. The molecule has 7 atom stereocenters. The number of nitrogens with zero attached hydrogens (tertiary/aromatic N) is 3. The summed E-state index contributed by atoms with van der Waals surface area (Å²) in [6.45, 7) is 1.87. The summed E-state index contributed by atoms with van der Waals surface area (Å²) in [7, 11) is 3.77. The predicted molar refractivity (Wildman–Crippen MR) is 110 cm³/mol. The highest BCUT2D eigenvalue weighted by atomic mass is 16.6. The van der Waals surface area contributed by atoms with E-state index in [1.54, 1.807) is 4.90 Å². The molecule has 4 bridgehead atoms. The van der Waals surface area contributed by atoms with Gasteiger partial charge >= 0.3 is 5.97 Å². The lowest BCUT2D eigenvalue weighted by atomic mass is 9.46. The zero-order valence-electron chi connectivity index (χ0n) is 18.3. The lowest BCUT2D eigenvalue weighted by Crippen LogP contribution is -2.66. The van der Waals surface area contributed by atoms with Crippen LogP contribution in [-0.4, -0.2) is 65.5 Å². The summed E-state index contributed by atoms with van der Waals surface area (Å²) in [5, 5.41) is 9.53. The summed E-state index contributed by atoms with van der Waals surface area (Å²) in [4.78, 5) is 30.0. The second-order valence-electron chi connectivity index (χ2n) is 11.2. The van der Waals surface area contributed by atoms with Crippen LogP contribution in [-0.2, 0) is 14.3 Å². The fraction of sp³-hybridized carbons (Fsp3) is 0.870. The molecule has 5 aliphatic carbocycles. The number of hydrogen-bond donors (Lipinski definition) is 1. The smallest absolute Gasteiger partial charge is 0.323 e. The quantitative estimate of drug-likeness (QED) is 0.687. The van der Waals surface area contributed by atoms with Gasteiger partial charge in [-0.25, -0.2) is 0 Å². The Labute approximate surface area is 178 Å². The predicted octanol–water partition coefficient (Wildman–Crippen LogP) is 1.66. The molecule has 6 aliphatic rings. The van der Waals surface area contributed by atoms with Crippen molar-refractivity contribution >= 4 is 11.9 Å². The van der Waals surface area contributed by atoms with Gasteiger partial charge in [0.2, 0.25) is 5.91 Å². The molecule has 1 amide bonds. The SMILES string of the molecule is CC(C(=O)OC12CC3CC(C1)CC(C(N)C(=O)N1C(C#N)CC4CC41)(C3)C2)N(C)C. The Hall–Kier alpha value is -1.65. The fourth-order valence-electron chi connectivity index (χ4n) is 7.55. The molecule has 0 radical (unpaired) electrons. The number of fused-ring (bicyclic) bond motifs is 1. The molecular formula is C23H34N4O3. The highest BCUT2D eigenvalue weighted by molar-refractivity contribution is 5.84. The summed E-state index contributed by atoms with van der Waals surface area (Å²) in [5.74, 6) is 1.19. The first kappa shape index (κ1) is 20.3. The first-order valence-corrected chi connectivity index (χ1v) is 11.5. The van der Waals surface area contributed by atoms with Crippen molar-refractivity contribution in [3.05, 3.63) is 0 Å². The van der Waals surface area contributed by atoms with Gasteiger partial charge in [0.25, 0.3) is 0 Å². The largest absolute Gasteiger partial charge is 0.458 e. The summed E-state index contributed by atoms with van der Waals surface area (Å²) >= 11 is 0. The van der Waals surface area contributed by atoms with Gasteiger partial charge in [0.1, 0.15) is 17.7 Å². The molecule has 0 aromatic carbocycles. The molecule has 6 fully saturated rings. The van der Waals surface area contributed by atoms with E-state index in [1.165, 1.54) is 0 Å². The van der Waals surface area contributed by atoms with Crippen molar-refractivity contribution in [2.75, 3.05) is 14.1 Å². The van der Waals surface area contributed by atoms with Crippen molar-refractivity contribution < 1.29 is 14.3 Å². The zero-order valence-corrected chi connectivity index (χ0v) is 18.3. The Bertz CT molecular complexity index is 791. The van der Waals surface area contributed by atoms with Crippen LogP contribution < -0.4 is 5.73 Å². The number of ether oxygens (including phenoxy) is 1. The monoisotopic (exact) mass is 414 g/mol. The van der Waals surface area contributed by atoms with Gasteiger partial charge in [-0.3, -0.25) is 14.5 Å². The Morgan fingerprint density at radius 1 is 1.17 bits per heavy atom. The van der Waals surface area contributed by atoms with Crippen LogP contribution >= 0.6 is 0 Å². The molecule has 7 nitrogen and oxygen atoms in total. The van der Waals surface area contributed by atoms with Crippen molar-refractivity contribution in [2.45, 2.75) is 88.1 Å². The number of nitriles is 1. The van der Waals surface area contributed by atoms with Crippen LogP contribution in [0.3, 0.4) is 0 Å². The third-order valence-corrected chi connectivity index (χ3v) is 8.92. The van der Waals surface area contributed by atoms with Gasteiger partial charge in [0.05, 0.1) is 12.1 Å². The van der Waals surface area contributed by atoms with Crippen LogP contribution in [0, 0.1) is 34.5 Å². The molecule has 2 N–H and O–H groups in total. The number of nitrogens with two attached hydrogens (primary N) is 1. The van der Waals surface area contributed by atoms with Crippen LogP contribution in [0.4, 0.5) is 0 Å². The van der Waals surface area contributed by atoms with Gasteiger partial charge in [-0.2, -0.15) is 5.26 Å². The Kier molecular flexibility index (Phi) is 4.51. The minimum absolute atomic E-state index is 0.0448. The van der Waals surface area contributed by atoms with E-state index in [2.05, 4.69) is 6.07 Å². The second kappa shape index (κ2) is 6.67. The molecule has 1 heterocycles. The van der Waals surface area contributed by atoms with Gasteiger partial charge in [0, 0.05) is 6.04 Å². The summed E-state index contributed by atoms with van der Waals surface area (Å²) in [6, 6.07) is 1.31. The van der Waals surface area contributed by atoms with E-state index in [0.29, 0.717) is 24.2 Å². The first-order chi connectivity index (χ1) is 14.2. The third-order valence-electron chi connectivity index (χ3n) is 8.92. The van der Waals surface area contributed by atoms with Crippen molar-refractivity contribution in [1.82, 2.24) is 9.80 Å². The van der Waals surface area contributed by atoms with Crippen molar-refractivity contribution in [3.8, 4) is 6.07 Å². The van der Waals surface area contributed by atoms with Crippen LogP contribution in [0.2, 0.25) is 0 Å². The summed E-state index contributed by atoms with van der Waals surface area (Å²) in [6.07, 6.45) is 7.32. The minimum Gasteiger partial charge on any atom is -0.458 e. The maximum Gasteiger partial charge on any atom is 0.323 e. The highest BCUT2D eigenvalue weighted by Crippen LogP contribution is 2.64. The van der Waals surface area contributed by atoms with Gasteiger partial charge in [0.15, 0.2) is 0 Å². The second-order valence-corrected chi connectivity index (χ2v) is 11.2. The maximum absolute atomic E-state index is 13.5. The number of rotatable bonds is 5. The van der Waals surface area contributed by atoms with E-state index in [9.17, 15) is 14.9 Å². The number of carbonyl (C=O) groups excluding carboxylic acids is 2. The molecule has 7 heteroatoms. The van der Waals surface area contributed by atoms with Gasteiger partial charge in [-0.05, 0) is 95.6 Å². The number of piperidine rings is 1. The normalized spacial score (nSPS) is 45.1. The topological polar surface area (TPSA) is 99.7 Å². The van der Waals surface area contributed by atoms with E-state index in [-0.39, 0.29) is 35.4 Å². The number of hydrogen-bond acceptors (Lipinski definition) is 6. The Balaban J connectivity index is 1.38. The molecule has 6 rings (SSSR count). The van der Waals surface area contributed by atoms with Crippen LogP contribution in [0.1, 0.15) is 58.3 Å². The Morgan fingerprint density at radius 2 is 1.83 bits per heavy atom. The zero-order chi connectivity index (χ0) is 21.4. The molecule has 164 valence electrons. The molecule has 7 unspecified atom stereocenters. The van der Waals surface area contributed by atoms with Crippen LogP contribution in [0.25, 0.3) is 0 Å². The first-order valence-electron chi connectivity index (χ1n) is 11.5. The van der Waals surface area contributed by atoms with E-state index < -0.39 is 11.6 Å². The number of esters is 1. The average molecular weight is 415 g/mol.